The molecule has 0 radical (unpaired) electrons. The van der Waals surface area contributed by atoms with Gasteiger partial charge in [-0.3, -0.25) is 0 Å². The van der Waals surface area contributed by atoms with Crippen LogP contribution in [0.2, 0.25) is 0 Å². The van der Waals surface area contributed by atoms with Crippen molar-refractivity contribution in [3.05, 3.63) is 72.3 Å². The van der Waals surface area contributed by atoms with Crippen LogP contribution in [0.25, 0.3) is 0 Å². The molecule has 0 unspecified atom stereocenters. The van der Waals surface area contributed by atoms with Crippen LogP contribution in [0.3, 0.4) is 0 Å². The van der Waals surface area contributed by atoms with Gasteiger partial charge in [0.2, 0.25) is 0 Å². The molecule has 0 fully saturated rings. The topological polar surface area (TPSA) is 109 Å². The van der Waals surface area contributed by atoms with E-state index in [-0.39, 0.29) is 11.1 Å². The van der Waals surface area contributed by atoms with Crippen LogP contribution in [0.15, 0.2) is 61.2 Å². The van der Waals surface area contributed by atoms with E-state index in [4.69, 9.17) is 10.2 Å². The van der Waals surface area contributed by atoms with Gasteiger partial charge in [-0.1, -0.05) is 0 Å². The van der Waals surface area contributed by atoms with E-state index >= 15 is 0 Å². The lowest BCUT2D eigenvalue weighted by Crippen LogP contribution is -2.22. The maximum absolute atomic E-state index is 11.0. The van der Waals surface area contributed by atoms with Gasteiger partial charge in [-0.05, 0) is 48.5 Å². The summed E-state index contributed by atoms with van der Waals surface area (Å²) in [6.07, 6.45) is 2.96. The molecule has 2 aromatic carbocycles. The highest BCUT2D eigenvalue weighted by Crippen LogP contribution is 2.26. The monoisotopic (exact) mass is 324 g/mol. The number of hydrogen-bond donors (Lipinski definition) is 2. The van der Waals surface area contributed by atoms with Crippen LogP contribution >= 0.6 is 0 Å². The summed E-state index contributed by atoms with van der Waals surface area (Å²) < 4.78 is 1.60. The van der Waals surface area contributed by atoms with Crippen LogP contribution in [-0.4, -0.2) is 37.0 Å². The van der Waals surface area contributed by atoms with Crippen molar-refractivity contribution in [3.8, 4) is 0 Å². The zero-order chi connectivity index (χ0) is 17.1. The highest BCUT2D eigenvalue weighted by molar-refractivity contribution is 5.89. The number of nitrogens with zero attached hydrogens (tertiary/aromatic N) is 4. The highest BCUT2D eigenvalue weighted by Gasteiger charge is 2.14. The minimum Gasteiger partial charge on any atom is -0.478 e. The van der Waals surface area contributed by atoms with Crippen molar-refractivity contribution in [2.45, 2.75) is 0 Å². The van der Waals surface area contributed by atoms with Gasteiger partial charge in [0, 0.05) is 0 Å². The molecule has 0 aliphatic rings. The Labute approximate surface area is 136 Å². The first-order chi connectivity index (χ1) is 11.6. The first-order valence-electron chi connectivity index (χ1n) is 6.88. The summed E-state index contributed by atoms with van der Waals surface area (Å²) in [4.78, 5) is 22.0. The molecule has 0 aliphatic carbocycles. The Bertz CT molecular complexity index is 801. The minimum atomic E-state index is -1.01. The predicted octanol–water partition coefficient (Wildman–Crippen LogP) is 2.28. The van der Waals surface area contributed by atoms with E-state index in [0.29, 0.717) is 11.4 Å². The molecule has 0 spiro atoms. The second kappa shape index (κ2) is 6.21. The fourth-order valence-corrected chi connectivity index (χ4v) is 2.20. The SMILES string of the molecule is O=C(O)c1ccc(N(c2ccc(C(=O)O)cc2)n2cnnc2)cc1. The quantitative estimate of drug-likeness (QED) is 0.741. The largest absolute Gasteiger partial charge is 0.478 e. The van der Waals surface area contributed by atoms with E-state index < -0.39 is 11.9 Å². The molecule has 3 aromatic rings. The fraction of sp³-hybridized carbons (Fsp3) is 0. The second-order valence-corrected chi connectivity index (χ2v) is 4.86. The lowest BCUT2D eigenvalue weighted by atomic mass is 10.1. The number of aromatic nitrogens is 3. The molecule has 3 rings (SSSR count). The number of anilines is 2. The van der Waals surface area contributed by atoms with Gasteiger partial charge in [0.15, 0.2) is 0 Å². The number of carboxylic acid groups (broad SMARTS) is 2. The van der Waals surface area contributed by atoms with Gasteiger partial charge >= 0.3 is 11.9 Å². The molecular weight excluding hydrogens is 312 g/mol. The highest BCUT2D eigenvalue weighted by atomic mass is 16.4. The van der Waals surface area contributed by atoms with Gasteiger partial charge in [-0.25, -0.2) is 19.3 Å². The van der Waals surface area contributed by atoms with Crippen molar-refractivity contribution >= 4 is 23.3 Å². The molecule has 0 saturated heterocycles. The van der Waals surface area contributed by atoms with E-state index in [0.717, 1.165) is 0 Å². The maximum Gasteiger partial charge on any atom is 0.335 e. The number of hydrogen-bond acceptors (Lipinski definition) is 5. The van der Waals surface area contributed by atoms with Crippen molar-refractivity contribution in [2.75, 3.05) is 5.01 Å². The van der Waals surface area contributed by atoms with Gasteiger partial charge in [-0.2, -0.15) is 0 Å². The number of carboxylic acids is 2. The van der Waals surface area contributed by atoms with Crippen LogP contribution < -0.4 is 5.01 Å². The average Bonchev–Trinajstić information content (AvgIpc) is 3.10. The summed E-state index contributed by atoms with van der Waals surface area (Å²) in [6, 6.07) is 12.5. The second-order valence-electron chi connectivity index (χ2n) is 4.86. The smallest absolute Gasteiger partial charge is 0.335 e. The van der Waals surface area contributed by atoms with Gasteiger partial charge in [0.05, 0.1) is 22.5 Å². The van der Waals surface area contributed by atoms with E-state index in [2.05, 4.69) is 10.2 Å². The van der Waals surface area contributed by atoms with Crippen LogP contribution in [0.4, 0.5) is 11.4 Å². The normalized spacial score (nSPS) is 10.3. The molecule has 8 heteroatoms. The standard InChI is InChI=1S/C16H12N4O4/c21-15(22)11-1-5-13(6-2-11)20(19-9-17-18-10-19)14-7-3-12(4-8-14)16(23)24/h1-10H,(H,21,22)(H,23,24). The van der Waals surface area contributed by atoms with Crippen LogP contribution in [0.1, 0.15) is 20.7 Å². The Hall–Kier alpha value is -3.68. The Morgan fingerprint density at radius 3 is 1.46 bits per heavy atom. The fourth-order valence-electron chi connectivity index (χ4n) is 2.20. The molecule has 24 heavy (non-hydrogen) atoms. The zero-order valence-electron chi connectivity index (χ0n) is 12.3. The summed E-state index contributed by atoms with van der Waals surface area (Å²) in [5.41, 5.74) is 1.68. The Morgan fingerprint density at radius 1 is 0.750 bits per heavy atom. The van der Waals surface area contributed by atoms with E-state index in [1.807, 2.05) is 0 Å². The van der Waals surface area contributed by atoms with Crippen molar-refractivity contribution in [3.63, 3.8) is 0 Å². The van der Waals surface area contributed by atoms with Gasteiger partial charge in [0.1, 0.15) is 12.7 Å². The lowest BCUT2D eigenvalue weighted by molar-refractivity contribution is 0.0686. The zero-order valence-corrected chi connectivity index (χ0v) is 12.3. The summed E-state index contributed by atoms with van der Waals surface area (Å²) >= 11 is 0. The van der Waals surface area contributed by atoms with Crippen molar-refractivity contribution in [1.29, 1.82) is 0 Å². The number of aromatic carboxylic acids is 2. The molecule has 1 aromatic heterocycles. The van der Waals surface area contributed by atoms with Crippen molar-refractivity contribution in [1.82, 2.24) is 14.9 Å². The third-order valence-corrected chi connectivity index (χ3v) is 3.36. The predicted molar refractivity (Wildman–Crippen MR) is 84.4 cm³/mol. The molecule has 1 heterocycles. The minimum absolute atomic E-state index is 0.170. The van der Waals surface area contributed by atoms with Gasteiger partial charge in [-0.15, -0.1) is 10.2 Å². The summed E-state index contributed by atoms with van der Waals surface area (Å²) in [5.74, 6) is -2.02. The maximum atomic E-state index is 11.0. The van der Waals surface area contributed by atoms with E-state index in [1.54, 1.807) is 34.0 Å². The Kier molecular flexibility index (Phi) is 3.94. The molecule has 0 saturated carbocycles. The van der Waals surface area contributed by atoms with E-state index in [1.165, 1.54) is 36.9 Å². The molecule has 8 nitrogen and oxygen atoms in total. The molecular formula is C16H12N4O4. The van der Waals surface area contributed by atoms with Crippen molar-refractivity contribution in [2.24, 2.45) is 0 Å². The van der Waals surface area contributed by atoms with E-state index in [9.17, 15) is 9.59 Å². The number of benzene rings is 2. The third kappa shape index (κ3) is 2.93. The van der Waals surface area contributed by atoms with Crippen LogP contribution in [0, 0.1) is 0 Å². The Morgan fingerprint density at radius 2 is 1.12 bits per heavy atom. The Balaban J connectivity index is 2.04. The van der Waals surface area contributed by atoms with Gasteiger partial charge in [0.25, 0.3) is 0 Å². The molecule has 0 bridgehead atoms. The van der Waals surface area contributed by atoms with Crippen molar-refractivity contribution < 1.29 is 19.8 Å². The lowest BCUT2D eigenvalue weighted by Gasteiger charge is -2.25. The first kappa shape index (κ1) is 15.2. The third-order valence-electron chi connectivity index (χ3n) is 3.36. The van der Waals surface area contributed by atoms with Crippen LogP contribution in [0.5, 0.6) is 0 Å². The average molecular weight is 324 g/mol. The summed E-state index contributed by atoms with van der Waals surface area (Å²) in [7, 11) is 0. The first-order valence-corrected chi connectivity index (χ1v) is 6.88. The van der Waals surface area contributed by atoms with Gasteiger partial charge < -0.3 is 10.2 Å². The molecule has 120 valence electrons. The molecule has 2 N–H and O–H groups in total. The van der Waals surface area contributed by atoms with Crippen LogP contribution in [-0.2, 0) is 0 Å². The number of carbonyl (C=O) groups is 2. The summed E-state index contributed by atoms with van der Waals surface area (Å²) in [6.45, 7) is 0. The molecule has 0 atom stereocenters. The summed E-state index contributed by atoms with van der Waals surface area (Å²) in [5, 5.41) is 27.3. The molecule has 0 amide bonds. The molecule has 0 aliphatic heterocycles. The number of rotatable bonds is 5.